The summed E-state index contributed by atoms with van der Waals surface area (Å²) in [7, 11) is -2.54. The summed E-state index contributed by atoms with van der Waals surface area (Å²) in [5.41, 5.74) is -0.153. The minimum Gasteiger partial charge on any atom is -0.468 e. The molecule has 224 valence electrons. The van der Waals surface area contributed by atoms with Gasteiger partial charge in [-0.2, -0.15) is 13.2 Å². The largest absolute Gasteiger partial charge is 0.468 e. The van der Waals surface area contributed by atoms with E-state index in [9.17, 15) is 31.2 Å². The number of benzene rings is 2. The van der Waals surface area contributed by atoms with Crippen LogP contribution in [0.25, 0.3) is 0 Å². The number of rotatable bonds is 11. The van der Waals surface area contributed by atoms with E-state index in [0.717, 1.165) is 38.5 Å². The molecule has 3 rings (SSSR count). The standard InChI is InChI=1S/C28H35F3N4O5S/c1-3-4-14-41(38,39)35-24(27(37)40-2)15-19-9-11-22(12-10-19)34-26(36)20-16-21(28(29,30)31)18-23(17-20)33-25-8-6-5-7-13-32-25/h9-12,16-18,24,35H,3-8,13-15H2,1-2H3,(H,32,33)(H,34,36). The average Bonchev–Trinajstić information content (AvgIpc) is 3.20. The van der Waals surface area contributed by atoms with Crippen LogP contribution in [-0.4, -0.2) is 51.6 Å². The van der Waals surface area contributed by atoms with Gasteiger partial charge in [-0.1, -0.05) is 31.9 Å². The maximum Gasteiger partial charge on any atom is 0.416 e. The second-order valence-corrected chi connectivity index (χ2v) is 11.7. The van der Waals surface area contributed by atoms with Gasteiger partial charge in [0.2, 0.25) is 10.0 Å². The van der Waals surface area contributed by atoms with Crippen molar-refractivity contribution in [3.8, 4) is 0 Å². The normalized spacial score (nSPS) is 14.9. The zero-order chi connectivity index (χ0) is 30.0. The van der Waals surface area contributed by atoms with Crippen molar-refractivity contribution in [3.63, 3.8) is 0 Å². The number of unbranched alkanes of at least 4 members (excludes halogenated alkanes) is 1. The van der Waals surface area contributed by atoms with E-state index in [4.69, 9.17) is 4.74 Å². The van der Waals surface area contributed by atoms with Gasteiger partial charge in [-0.05, 0) is 61.6 Å². The van der Waals surface area contributed by atoms with E-state index in [1.807, 2.05) is 6.92 Å². The van der Waals surface area contributed by atoms with E-state index in [1.54, 1.807) is 12.1 Å². The summed E-state index contributed by atoms with van der Waals surface area (Å²) in [5.74, 6) is -1.03. The molecule has 1 heterocycles. The second kappa shape index (κ2) is 14.4. The quantitative estimate of drug-likeness (QED) is 0.308. The van der Waals surface area contributed by atoms with Gasteiger partial charge in [0, 0.05) is 29.9 Å². The third-order valence-corrected chi connectivity index (χ3v) is 7.88. The van der Waals surface area contributed by atoms with Crippen molar-refractivity contribution >= 4 is 39.1 Å². The maximum absolute atomic E-state index is 13.6. The number of amidine groups is 1. The number of nitrogens with zero attached hydrogens (tertiary/aromatic N) is 1. The van der Waals surface area contributed by atoms with E-state index in [0.29, 0.717) is 42.9 Å². The minimum atomic E-state index is -4.66. The highest BCUT2D eigenvalue weighted by atomic mass is 32.2. The topological polar surface area (TPSA) is 126 Å². The lowest BCUT2D eigenvalue weighted by molar-refractivity contribution is -0.142. The Morgan fingerprint density at radius 1 is 1.05 bits per heavy atom. The number of aliphatic imine (C=N–C) groups is 1. The van der Waals surface area contributed by atoms with Gasteiger partial charge in [0.25, 0.3) is 5.91 Å². The first-order chi connectivity index (χ1) is 19.4. The number of hydrogen-bond donors (Lipinski definition) is 3. The third kappa shape index (κ3) is 10.2. The predicted molar refractivity (Wildman–Crippen MR) is 152 cm³/mol. The molecule has 9 nitrogen and oxygen atoms in total. The number of nitrogens with one attached hydrogen (secondary N) is 3. The van der Waals surface area contributed by atoms with Crippen molar-refractivity contribution in [1.29, 1.82) is 0 Å². The molecule has 1 atom stereocenters. The number of carbonyl (C=O) groups is 2. The predicted octanol–water partition coefficient (Wildman–Crippen LogP) is 5.15. The Morgan fingerprint density at radius 2 is 1.78 bits per heavy atom. The summed E-state index contributed by atoms with van der Waals surface area (Å²) < 4.78 is 72.6. The zero-order valence-electron chi connectivity index (χ0n) is 23.0. The average molecular weight is 597 g/mol. The fourth-order valence-electron chi connectivity index (χ4n) is 4.23. The Morgan fingerprint density at radius 3 is 2.44 bits per heavy atom. The van der Waals surface area contributed by atoms with Crippen LogP contribution in [0.3, 0.4) is 0 Å². The summed E-state index contributed by atoms with van der Waals surface area (Å²) in [6.45, 7) is 2.44. The number of esters is 1. The van der Waals surface area contributed by atoms with E-state index in [2.05, 4.69) is 20.3 Å². The third-order valence-electron chi connectivity index (χ3n) is 6.41. The molecule has 41 heavy (non-hydrogen) atoms. The summed E-state index contributed by atoms with van der Waals surface area (Å²) in [6.07, 6.45) is -0.159. The molecule has 2 aromatic carbocycles. The summed E-state index contributed by atoms with van der Waals surface area (Å²) >= 11 is 0. The van der Waals surface area contributed by atoms with E-state index in [-0.39, 0.29) is 23.4 Å². The molecule has 0 radical (unpaired) electrons. The Labute approximate surface area is 238 Å². The van der Waals surface area contributed by atoms with Gasteiger partial charge >= 0.3 is 12.1 Å². The van der Waals surface area contributed by atoms with E-state index in [1.165, 1.54) is 18.2 Å². The highest BCUT2D eigenvalue weighted by Crippen LogP contribution is 2.32. The molecule has 1 aliphatic rings. The molecule has 0 saturated heterocycles. The highest BCUT2D eigenvalue weighted by molar-refractivity contribution is 7.89. The smallest absolute Gasteiger partial charge is 0.416 e. The fourth-order valence-corrected chi connectivity index (χ4v) is 5.63. The number of alkyl halides is 3. The number of hydrogen-bond acceptors (Lipinski definition) is 7. The molecule has 0 aromatic heterocycles. The molecule has 13 heteroatoms. The summed E-state index contributed by atoms with van der Waals surface area (Å²) in [4.78, 5) is 29.5. The number of anilines is 2. The number of methoxy groups -OCH3 is 1. The second-order valence-electron chi connectivity index (χ2n) is 9.78. The number of amides is 1. The first-order valence-electron chi connectivity index (χ1n) is 13.4. The van der Waals surface area contributed by atoms with Crippen molar-refractivity contribution < 1.29 is 35.9 Å². The Bertz CT molecular complexity index is 1350. The molecule has 0 fully saturated rings. The van der Waals surface area contributed by atoms with Crippen LogP contribution >= 0.6 is 0 Å². The lowest BCUT2D eigenvalue weighted by Crippen LogP contribution is -2.43. The van der Waals surface area contributed by atoms with Gasteiger partial charge in [-0.25, -0.2) is 13.1 Å². The molecule has 0 spiro atoms. The minimum absolute atomic E-state index is 0.00119. The number of carbonyl (C=O) groups excluding carboxylic acids is 2. The van der Waals surface area contributed by atoms with Crippen LogP contribution in [0.15, 0.2) is 47.5 Å². The van der Waals surface area contributed by atoms with Crippen LogP contribution < -0.4 is 15.4 Å². The van der Waals surface area contributed by atoms with Crippen LogP contribution in [0, 0.1) is 0 Å². The van der Waals surface area contributed by atoms with Gasteiger partial charge in [0.05, 0.1) is 18.4 Å². The first-order valence-corrected chi connectivity index (χ1v) is 15.1. The van der Waals surface area contributed by atoms with Crippen molar-refractivity contribution in [2.45, 2.75) is 64.1 Å². The zero-order valence-corrected chi connectivity index (χ0v) is 23.8. The maximum atomic E-state index is 13.6. The van der Waals surface area contributed by atoms with E-state index >= 15 is 0 Å². The highest BCUT2D eigenvalue weighted by Gasteiger charge is 2.32. The SMILES string of the molecule is CCCCS(=O)(=O)NC(Cc1ccc(NC(=O)c2cc(NC3=NCCCCC3)cc(C(F)(F)F)c2)cc1)C(=O)OC. The number of sulfonamides is 1. The summed E-state index contributed by atoms with van der Waals surface area (Å²) in [5, 5.41) is 5.53. The van der Waals surface area contributed by atoms with Gasteiger partial charge < -0.3 is 15.4 Å². The van der Waals surface area contributed by atoms with Crippen LogP contribution in [0.2, 0.25) is 0 Å². The van der Waals surface area contributed by atoms with Crippen LogP contribution in [0.5, 0.6) is 0 Å². The molecule has 0 saturated carbocycles. The lowest BCUT2D eigenvalue weighted by Gasteiger charge is -2.17. The molecule has 1 unspecified atom stereocenters. The molecule has 1 aliphatic heterocycles. The van der Waals surface area contributed by atoms with Crippen LogP contribution in [-0.2, 0) is 32.2 Å². The van der Waals surface area contributed by atoms with Gasteiger partial charge in [0.15, 0.2) is 0 Å². The Kier molecular flexibility index (Phi) is 11.3. The number of halogens is 3. The van der Waals surface area contributed by atoms with Crippen LogP contribution in [0.4, 0.5) is 24.5 Å². The monoisotopic (exact) mass is 596 g/mol. The molecule has 1 amide bonds. The summed E-state index contributed by atoms with van der Waals surface area (Å²) in [6, 6.07) is 8.13. The number of ether oxygens (including phenoxy) is 1. The van der Waals surface area contributed by atoms with Crippen molar-refractivity contribution in [1.82, 2.24) is 4.72 Å². The molecule has 3 N–H and O–H groups in total. The molecule has 0 aliphatic carbocycles. The lowest BCUT2D eigenvalue weighted by atomic mass is 10.1. The van der Waals surface area contributed by atoms with Crippen LogP contribution in [0.1, 0.15) is 66.9 Å². The van der Waals surface area contributed by atoms with Gasteiger partial charge in [-0.3, -0.25) is 14.6 Å². The van der Waals surface area contributed by atoms with Crippen molar-refractivity contribution in [3.05, 3.63) is 59.2 Å². The molecule has 2 aromatic rings. The van der Waals surface area contributed by atoms with Crippen molar-refractivity contribution in [2.24, 2.45) is 4.99 Å². The molecular weight excluding hydrogens is 561 g/mol. The molecule has 0 bridgehead atoms. The van der Waals surface area contributed by atoms with Crippen molar-refractivity contribution in [2.75, 3.05) is 30.0 Å². The van der Waals surface area contributed by atoms with E-state index < -0.39 is 39.7 Å². The van der Waals surface area contributed by atoms with Gasteiger partial charge in [-0.15, -0.1) is 0 Å². The van der Waals surface area contributed by atoms with Gasteiger partial charge in [0.1, 0.15) is 11.9 Å². The first kappa shape index (κ1) is 32.1. The molecular formula is C28H35F3N4O5S. The fraction of sp³-hybridized carbons (Fsp3) is 0.464. The Hall–Kier alpha value is -3.45. The Balaban J connectivity index is 1.74.